The van der Waals surface area contributed by atoms with Crippen LogP contribution in [0.2, 0.25) is 0 Å². The number of fused-ring (bicyclic) bond motifs is 6. The van der Waals surface area contributed by atoms with E-state index in [0.29, 0.717) is 0 Å². The molecule has 0 fully saturated rings. The summed E-state index contributed by atoms with van der Waals surface area (Å²) in [5.74, 6) is 0. The summed E-state index contributed by atoms with van der Waals surface area (Å²) in [5, 5.41) is 7.56. The van der Waals surface area contributed by atoms with E-state index in [4.69, 9.17) is 0 Å². The van der Waals surface area contributed by atoms with Crippen LogP contribution in [0.3, 0.4) is 0 Å². The summed E-state index contributed by atoms with van der Waals surface area (Å²) >= 11 is 1.86. The monoisotopic (exact) mass is 679 g/mol. The van der Waals surface area contributed by atoms with Crippen molar-refractivity contribution in [3.8, 4) is 33.4 Å². The molecule has 52 heavy (non-hydrogen) atoms. The molecule has 9 aromatic carbocycles. The maximum Gasteiger partial charge on any atom is 0.0554 e. The van der Waals surface area contributed by atoms with Crippen molar-refractivity contribution >= 4 is 70.1 Å². The molecule has 1 aromatic heterocycles. The number of nitrogens with zero attached hydrogens (tertiary/aromatic N) is 1. The molecule has 0 saturated carbocycles. The van der Waals surface area contributed by atoms with Crippen LogP contribution in [0.25, 0.3) is 75.1 Å². The molecule has 1 heterocycles. The van der Waals surface area contributed by atoms with Gasteiger partial charge in [-0.1, -0.05) is 158 Å². The fourth-order valence-corrected chi connectivity index (χ4v) is 9.06. The van der Waals surface area contributed by atoms with Crippen molar-refractivity contribution in [1.82, 2.24) is 0 Å². The Kier molecular flexibility index (Phi) is 7.41. The van der Waals surface area contributed by atoms with Gasteiger partial charge in [-0.3, -0.25) is 0 Å². The molecule has 0 unspecified atom stereocenters. The van der Waals surface area contributed by atoms with Crippen LogP contribution in [0.1, 0.15) is 0 Å². The first-order valence-corrected chi connectivity index (χ1v) is 18.6. The fourth-order valence-electron chi connectivity index (χ4n) is 7.93. The SMILES string of the molecule is c1ccc(-c2ccc(N(c3ccc4c(c3)c(-c3ccccc3)c(-c3ccccc3)c3ccccc34)c3cccc4sc5ccccc5c34)cc2)cc1. The van der Waals surface area contributed by atoms with Crippen molar-refractivity contribution < 1.29 is 0 Å². The van der Waals surface area contributed by atoms with E-state index in [1.54, 1.807) is 0 Å². The summed E-state index contributed by atoms with van der Waals surface area (Å²) in [4.78, 5) is 2.46. The normalized spacial score (nSPS) is 11.5. The van der Waals surface area contributed by atoms with Crippen molar-refractivity contribution in [2.45, 2.75) is 0 Å². The third-order valence-electron chi connectivity index (χ3n) is 10.2. The molecule has 0 aliphatic carbocycles. The van der Waals surface area contributed by atoms with Gasteiger partial charge in [-0.2, -0.15) is 0 Å². The van der Waals surface area contributed by atoms with Gasteiger partial charge in [0.2, 0.25) is 0 Å². The molecule has 0 bridgehead atoms. The van der Waals surface area contributed by atoms with Crippen LogP contribution >= 0.6 is 11.3 Å². The predicted molar refractivity (Wildman–Crippen MR) is 225 cm³/mol. The van der Waals surface area contributed by atoms with E-state index in [1.165, 1.54) is 80.8 Å². The van der Waals surface area contributed by atoms with Crippen LogP contribution in [-0.4, -0.2) is 0 Å². The Bertz CT molecular complexity index is 2870. The minimum Gasteiger partial charge on any atom is -0.310 e. The van der Waals surface area contributed by atoms with Crippen LogP contribution in [0, 0.1) is 0 Å². The zero-order valence-electron chi connectivity index (χ0n) is 28.4. The van der Waals surface area contributed by atoms with Gasteiger partial charge in [-0.25, -0.2) is 0 Å². The molecule has 0 atom stereocenters. The molecule has 0 aliphatic rings. The Morgan fingerprint density at radius 3 is 1.50 bits per heavy atom. The molecule has 0 amide bonds. The van der Waals surface area contributed by atoms with Gasteiger partial charge < -0.3 is 4.90 Å². The second-order valence-corrected chi connectivity index (χ2v) is 14.3. The molecular formula is C50H33NS. The minimum absolute atomic E-state index is 1.12. The molecule has 1 nitrogen and oxygen atoms in total. The van der Waals surface area contributed by atoms with Gasteiger partial charge in [0.1, 0.15) is 0 Å². The van der Waals surface area contributed by atoms with Crippen molar-refractivity contribution in [3.63, 3.8) is 0 Å². The molecule has 0 spiro atoms. The number of hydrogen-bond acceptors (Lipinski definition) is 2. The summed E-state index contributed by atoms with van der Waals surface area (Å²) in [6, 6.07) is 72.9. The molecule has 0 N–H and O–H groups in total. The molecule has 0 aliphatic heterocycles. The zero-order valence-corrected chi connectivity index (χ0v) is 29.2. The van der Waals surface area contributed by atoms with E-state index in [2.05, 4.69) is 205 Å². The summed E-state index contributed by atoms with van der Waals surface area (Å²) in [7, 11) is 0. The van der Waals surface area contributed by atoms with E-state index in [1.807, 2.05) is 11.3 Å². The van der Waals surface area contributed by atoms with Crippen LogP contribution < -0.4 is 4.90 Å². The Morgan fingerprint density at radius 2 is 0.808 bits per heavy atom. The van der Waals surface area contributed by atoms with Crippen molar-refractivity contribution in [1.29, 1.82) is 0 Å². The smallest absolute Gasteiger partial charge is 0.0554 e. The lowest BCUT2D eigenvalue weighted by atomic mass is 9.85. The number of hydrogen-bond donors (Lipinski definition) is 0. The molecule has 0 saturated heterocycles. The van der Waals surface area contributed by atoms with Gasteiger partial charge in [0, 0.05) is 31.5 Å². The first kappa shape index (κ1) is 30.4. The number of thiophene rings is 1. The lowest BCUT2D eigenvalue weighted by molar-refractivity contribution is 1.31. The van der Waals surface area contributed by atoms with E-state index >= 15 is 0 Å². The highest BCUT2D eigenvalue weighted by atomic mass is 32.1. The summed E-state index contributed by atoms with van der Waals surface area (Å²) < 4.78 is 2.58. The maximum atomic E-state index is 2.46. The lowest BCUT2D eigenvalue weighted by Crippen LogP contribution is -2.10. The lowest BCUT2D eigenvalue weighted by Gasteiger charge is -2.28. The third-order valence-corrected chi connectivity index (χ3v) is 11.4. The molecule has 244 valence electrons. The number of rotatable bonds is 6. The Morgan fingerprint density at radius 1 is 0.308 bits per heavy atom. The summed E-state index contributed by atoms with van der Waals surface area (Å²) in [6.07, 6.45) is 0. The number of anilines is 3. The molecular weight excluding hydrogens is 647 g/mol. The van der Waals surface area contributed by atoms with Crippen molar-refractivity contribution in [2.75, 3.05) is 4.90 Å². The Balaban J connectivity index is 1.29. The standard InChI is InChI=1S/C50H33NS/c1-4-15-34(16-5-1)35-27-29-38(30-28-35)51(45-24-14-26-47-50(45)43-23-12-13-25-46(43)52-47)39-31-32-41-40-21-10-11-22-42(40)48(36-17-6-2-7-18-36)49(44(41)33-39)37-19-8-3-9-20-37/h1-33H. The van der Waals surface area contributed by atoms with Gasteiger partial charge in [0.25, 0.3) is 0 Å². The highest BCUT2D eigenvalue weighted by Gasteiger charge is 2.22. The van der Waals surface area contributed by atoms with Crippen LogP contribution in [0.15, 0.2) is 200 Å². The van der Waals surface area contributed by atoms with Gasteiger partial charge in [-0.05, 0) is 97.4 Å². The van der Waals surface area contributed by atoms with Crippen LogP contribution in [0.5, 0.6) is 0 Å². The predicted octanol–water partition coefficient (Wildman–Crippen LogP) is 14.8. The average Bonchev–Trinajstić information content (AvgIpc) is 3.61. The Hall–Kier alpha value is -6.48. The Labute approximate surface area is 307 Å². The van der Waals surface area contributed by atoms with Crippen LogP contribution in [-0.2, 0) is 0 Å². The van der Waals surface area contributed by atoms with E-state index < -0.39 is 0 Å². The molecule has 10 aromatic rings. The van der Waals surface area contributed by atoms with E-state index in [9.17, 15) is 0 Å². The minimum atomic E-state index is 1.12. The maximum absolute atomic E-state index is 2.46. The third kappa shape index (κ3) is 5.07. The summed E-state index contributed by atoms with van der Waals surface area (Å²) in [6.45, 7) is 0. The quantitative estimate of drug-likeness (QED) is 0.158. The van der Waals surface area contributed by atoms with Crippen molar-refractivity contribution in [3.05, 3.63) is 200 Å². The molecule has 10 rings (SSSR count). The van der Waals surface area contributed by atoms with Crippen LogP contribution in [0.4, 0.5) is 17.1 Å². The second-order valence-electron chi connectivity index (χ2n) is 13.3. The summed E-state index contributed by atoms with van der Waals surface area (Å²) in [5.41, 5.74) is 10.8. The molecule has 0 radical (unpaired) electrons. The highest BCUT2D eigenvalue weighted by Crippen LogP contribution is 2.49. The van der Waals surface area contributed by atoms with Crippen molar-refractivity contribution in [2.24, 2.45) is 0 Å². The van der Waals surface area contributed by atoms with E-state index in [0.717, 1.165) is 11.4 Å². The topological polar surface area (TPSA) is 3.24 Å². The van der Waals surface area contributed by atoms with Gasteiger partial charge in [-0.15, -0.1) is 11.3 Å². The first-order chi connectivity index (χ1) is 25.8. The largest absolute Gasteiger partial charge is 0.310 e. The highest BCUT2D eigenvalue weighted by molar-refractivity contribution is 7.26. The molecule has 2 heteroatoms. The van der Waals surface area contributed by atoms with E-state index in [-0.39, 0.29) is 0 Å². The average molecular weight is 680 g/mol. The van der Waals surface area contributed by atoms with Gasteiger partial charge in [0.15, 0.2) is 0 Å². The first-order valence-electron chi connectivity index (χ1n) is 17.8. The second kappa shape index (κ2) is 12.7. The number of benzene rings is 9. The van der Waals surface area contributed by atoms with Gasteiger partial charge >= 0.3 is 0 Å². The van der Waals surface area contributed by atoms with Gasteiger partial charge in [0.05, 0.1) is 5.69 Å². The zero-order chi connectivity index (χ0) is 34.4. The fraction of sp³-hybridized carbons (Fsp3) is 0.